The minimum atomic E-state index is -3.12. The number of benzene rings is 1. The van der Waals surface area contributed by atoms with Gasteiger partial charge in [0.05, 0.1) is 11.4 Å². The van der Waals surface area contributed by atoms with E-state index < -0.39 is 15.9 Å². The van der Waals surface area contributed by atoms with Crippen LogP contribution in [0.15, 0.2) is 42.6 Å². The van der Waals surface area contributed by atoms with Crippen LogP contribution in [-0.4, -0.2) is 41.7 Å². The Balaban J connectivity index is 2.04. The van der Waals surface area contributed by atoms with Crippen LogP contribution in [0.2, 0.25) is 0 Å². The van der Waals surface area contributed by atoms with E-state index in [1.54, 1.807) is 30.8 Å². The number of sulfone groups is 1. The molecule has 22 heavy (non-hydrogen) atoms. The first-order valence-corrected chi connectivity index (χ1v) is 8.86. The van der Waals surface area contributed by atoms with E-state index in [0.717, 1.165) is 5.69 Å². The third-order valence-corrected chi connectivity index (χ3v) is 5.05. The van der Waals surface area contributed by atoms with E-state index >= 15 is 0 Å². The molecule has 1 amide bonds. The molecule has 6 nitrogen and oxygen atoms in total. The standard InChI is InChI=1S/C15H19N3O3S/c1-3-22(20,21)11-12(2)16-15(19)14-9-10-18(17-14)13-7-5-4-6-8-13/h4-10,12H,3,11H2,1-2H3,(H,16,19)/t12-/m1/s1. The van der Waals surface area contributed by atoms with Crippen molar-refractivity contribution in [1.29, 1.82) is 0 Å². The zero-order valence-electron chi connectivity index (χ0n) is 12.6. The Bertz CT molecular complexity index is 738. The van der Waals surface area contributed by atoms with Gasteiger partial charge < -0.3 is 5.32 Å². The van der Waals surface area contributed by atoms with Gasteiger partial charge in [0.25, 0.3) is 5.91 Å². The van der Waals surface area contributed by atoms with E-state index in [4.69, 9.17) is 0 Å². The highest BCUT2D eigenvalue weighted by atomic mass is 32.2. The molecule has 0 aliphatic carbocycles. The Morgan fingerprint density at radius 3 is 2.59 bits per heavy atom. The molecule has 0 fully saturated rings. The Kier molecular flexibility index (Phi) is 4.97. The molecule has 1 heterocycles. The predicted octanol–water partition coefficient (Wildman–Crippen LogP) is 1.43. The number of nitrogens with zero attached hydrogens (tertiary/aromatic N) is 2. The summed E-state index contributed by atoms with van der Waals surface area (Å²) in [5.74, 6) is -0.390. The molecule has 2 rings (SSSR count). The minimum absolute atomic E-state index is 0.0653. The van der Waals surface area contributed by atoms with Crippen LogP contribution in [-0.2, 0) is 9.84 Å². The molecule has 1 aromatic heterocycles. The lowest BCUT2D eigenvalue weighted by Gasteiger charge is -2.12. The normalized spacial score (nSPS) is 12.8. The molecule has 0 aliphatic heterocycles. The lowest BCUT2D eigenvalue weighted by atomic mass is 10.3. The summed E-state index contributed by atoms with van der Waals surface area (Å²) in [4.78, 5) is 12.1. The quantitative estimate of drug-likeness (QED) is 0.872. The maximum atomic E-state index is 12.1. The van der Waals surface area contributed by atoms with E-state index in [-0.39, 0.29) is 23.1 Å². The predicted molar refractivity (Wildman–Crippen MR) is 84.8 cm³/mol. The van der Waals surface area contributed by atoms with Gasteiger partial charge in [-0.05, 0) is 25.1 Å². The van der Waals surface area contributed by atoms with Gasteiger partial charge in [0.1, 0.15) is 0 Å². The molecule has 0 saturated heterocycles. The van der Waals surface area contributed by atoms with Gasteiger partial charge >= 0.3 is 0 Å². The number of carbonyl (C=O) groups excluding carboxylic acids is 1. The number of aromatic nitrogens is 2. The molecule has 0 radical (unpaired) electrons. The first kappa shape index (κ1) is 16.2. The second-order valence-electron chi connectivity index (χ2n) is 5.05. The molecule has 0 saturated carbocycles. The van der Waals surface area contributed by atoms with Crippen molar-refractivity contribution in [3.63, 3.8) is 0 Å². The molecule has 2 aromatic rings. The Labute approximate surface area is 130 Å². The van der Waals surface area contributed by atoms with Crippen LogP contribution in [0.3, 0.4) is 0 Å². The van der Waals surface area contributed by atoms with Crippen molar-refractivity contribution in [2.24, 2.45) is 0 Å². The average Bonchev–Trinajstić information content (AvgIpc) is 2.97. The molecule has 1 atom stereocenters. The average molecular weight is 321 g/mol. The molecule has 0 bridgehead atoms. The molecule has 7 heteroatoms. The van der Waals surface area contributed by atoms with Crippen molar-refractivity contribution < 1.29 is 13.2 Å². The van der Waals surface area contributed by atoms with Crippen LogP contribution >= 0.6 is 0 Å². The Morgan fingerprint density at radius 1 is 1.27 bits per heavy atom. The van der Waals surface area contributed by atoms with Gasteiger partial charge in [-0.3, -0.25) is 4.79 Å². The van der Waals surface area contributed by atoms with Gasteiger partial charge in [-0.2, -0.15) is 5.10 Å². The minimum Gasteiger partial charge on any atom is -0.347 e. The molecular weight excluding hydrogens is 302 g/mol. The molecule has 0 spiro atoms. The van der Waals surface area contributed by atoms with Crippen LogP contribution in [0, 0.1) is 0 Å². The monoisotopic (exact) mass is 321 g/mol. The molecule has 1 aromatic carbocycles. The highest BCUT2D eigenvalue weighted by molar-refractivity contribution is 7.91. The molecule has 0 aliphatic rings. The number of amides is 1. The zero-order valence-corrected chi connectivity index (χ0v) is 13.4. The topological polar surface area (TPSA) is 81.1 Å². The zero-order chi connectivity index (χ0) is 16.2. The second kappa shape index (κ2) is 6.74. The van der Waals surface area contributed by atoms with Gasteiger partial charge in [0, 0.05) is 18.0 Å². The fourth-order valence-corrected chi connectivity index (χ4v) is 3.09. The number of carbonyl (C=O) groups is 1. The molecule has 118 valence electrons. The summed E-state index contributed by atoms with van der Waals surface area (Å²) in [6.07, 6.45) is 1.69. The number of para-hydroxylation sites is 1. The summed E-state index contributed by atoms with van der Waals surface area (Å²) < 4.78 is 24.7. The maximum Gasteiger partial charge on any atom is 0.272 e. The second-order valence-corrected chi connectivity index (χ2v) is 7.45. The molecule has 0 unspecified atom stereocenters. The van der Waals surface area contributed by atoms with E-state index in [9.17, 15) is 13.2 Å². The van der Waals surface area contributed by atoms with Gasteiger partial charge in [-0.1, -0.05) is 25.1 Å². The van der Waals surface area contributed by atoms with Gasteiger partial charge in [-0.15, -0.1) is 0 Å². The first-order valence-electron chi connectivity index (χ1n) is 7.03. The van der Waals surface area contributed by atoms with Crippen molar-refractivity contribution >= 4 is 15.7 Å². The lowest BCUT2D eigenvalue weighted by molar-refractivity contribution is 0.0938. The summed E-state index contributed by atoms with van der Waals surface area (Å²) in [5, 5.41) is 6.86. The first-order chi connectivity index (χ1) is 10.4. The summed E-state index contributed by atoms with van der Waals surface area (Å²) in [7, 11) is -3.12. The number of rotatable bonds is 6. The maximum absolute atomic E-state index is 12.1. The van der Waals surface area contributed by atoms with Gasteiger partial charge in [-0.25, -0.2) is 13.1 Å². The van der Waals surface area contributed by atoms with E-state index in [0.29, 0.717) is 0 Å². The Hall–Kier alpha value is -2.15. The van der Waals surface area contributed by atoms with Crippen molar-refractivity contribution in [3.05, 3.63) is 48.3 Å². The smallest absolute Gasteiger partial charge is 0.272 e. The van der Waals surface area contributed by atoms with Gasteiger partial charge in [0.2, 0.25) is 0 Å². The van der Waals surface area contributed by atoms with Crippen LogP contribution in [0.4, 0.5) is 0 Å². The summed E-state index contributed by atoms with van der Waals surface area (Å²) in [5.41, 5.74) is 1.10. The van der Waals surface area contributed by atoms with Crippen LogP contribution in [0.5, 0.6) is 0 Å². The van der Waals surface area contributed by atoms with Crippen molar-refractivity contribution in [2.75, 3.05) is 11.5 Å². The van der Waals surface area contributed by atoms with E-state index in [1.165, 1.54) is 0 Å². The van der Waals surface area contributed by atoms with Crippen LogP contribution < -0.4 is 5.32 Å². The van der Waals surface area contributed by atoms with E-state index in [1.807, 2.05) is 30.3 Å². The fraction of sp³-hybridized carbons (Fsp3) is 0.333. The van der Waals surface area contributed by atoms with Crippen molar-refractivity contribution in [3.8, 4) is 5.69 Å². The van der Waals surface area contributed by atoms with Gasteiger partial charge in [0.15, 0.2) is 15.5 Å². The van der Waals surface area contributed by atoms with E-state index in [2.05, 4.69) is 10.4 Å². The van der Waals surface area contributed by atoms with Crippen LogP contribution in [0.1, 0.15) is 24.3 Å². The van der Waals surface area contributed by atoms with Crippen molar-refractivity contribution in [1.82, 2.24) is 15.1 Å². The largest absolute Gasteiger partial charge is 0.347 e. The summed E-state index contributed by atoms with van der Waals surface area (Å²) >= 11 is 0. The number of hydrogen-bond acceptors (Lipinski definition) is 4. The Morgan fingerprint density at radius 2 is 1.95 bits per heavy atom. The SMILES string of the molecule is CCS(=O)(=O)C[C@@H](C)NC(=O)c1ccn(-c2ccccc2)n1. The highest BCUT2D eigenvalue weighted by Crippen LogP contribution is 2.07. The number of hydrogen-bond donors (Lipinski definition) is 1. The van der Waals surface area contributed by atoms with Crippen molar-refractivity contribution in [2.45, 2.75) is 19.9 Å². The third kappa shape index (κ3) is 4.17. The lowest BCUT2D eigenvalue weighted by Crippen LogP contribution is -2.38. The molecular formula is C15H19N3O3S. The number of nitrogens with one attached hydrogen (secondary N) is 1. The summed E-state index contributed by atoms with van der Waals surface area (Å²) in [6, 6.07) is 10.6. The highest BCUT2D eigenvalue weighted by Gasteiger charge is 2.18. The van der Waals surface area contributed by atoms with Crippen LogP contribution in [0.25, 0.3) is 5.69 Å². The summed E-state index contributed by atoms with van der Waals surface area (Å²) in [6.45, 7) is 3.25. The fourth-order valence-electron chi connectivity index (χ4n) is 2.01. The third-order valence-electron chi connectivity index (χ3n) is 3.16. The molecule has 1 N–H and O–H groups in total.